The summed E-state index contributed by atoms with van der Waals surface area (Å²) in [5.74, 6) is 0. The molecular weight excluding hydrogens is 311 g/mol. The van der Waals surface area contributed by atoms with Crippen molar-refractivity contribution >= 4 is 15.2 Å². The smallest absolute Gasteiger partial charge is 0.403 e. The first-order chi connectivity index (χ1) is 11.0. The summed E-state index contributed by atoms with van der Waals surface area (Å²) in [5, 5.41) is 1.61. The summed E-state index contributed by atoms with van der Waals surface area (Å²) < 4.78 is 12.3. The second-order valence-corrected chi connectivity index (χ2v) is 14.0. The Morgan fingerprint density at radius 1 is 1.00 bits per heavy atom. The lowest BCUT2D eigenvalue weighted by Gasteiger charge is -2.32. The molecule has 2 nitrogen and oxygen atoms in total. The Kier molecular flexibility index (Phi) is 5.83. The van der Waals surface area contributed by atoms with Gasteiger partial charge in [0.15, 0.2) is 0 Å². The molecule has 1 saturated heterocycles. The molecule has 0 atom stereocenters. The highest BCUT2D eigenvalue weighted by atomic mass is 28.3. The van der Waals surface area contributed by atoms with Crippen molar-refractivity contribution < 1.29 is 9.31 Å². The molecule has 1 aromatic carbocycles. The van der Waals surface area contributed by atoms with Gasteiger partial charge < -0.3 is 9.31 Å². The first kappa shape index (κ1) is 19.5. The highest BCUT2D eigenvalue weighted by molar-refractivity contribution is 6.83. The van der Waals surface area contributed by atoms with Crippen LogP contribution in [0.5, 0.6) is 0 Å². The molecular formula is C20H33BO2Si. The summed E-state index contributed by atoms with van der Waals surface area (Å²) in [5.41, 5.74) is 0.932. The van der Waals surface area contributed by atoms with Crippen molar-refractivity contribution in [1.82, 2.24) is 0 Å². The predicted molar refractivity (Wildman–Crippen MR) is 107 cm³/mol. The van der Waals surface area contributed by atoms with E-state index in [0.29, 0.717) is 0 Å². The highest BCUT2D eigenvalue weighted by Crippen LogP contribution is 2.38. The van der Waals surface area contributed by atoms with E-state index in [0.717, 1.165) is 19.2 Å². The van der Waals surface area contributed by atoms with Crippen LogP contribution in [0.15, 0.2) is 41.6 Å². The average molecular weight is 344 g/mol. The van der Waals surface area contributed by atoms with Crippen molar-refractivity contribution in [3.05, 3.63) is 47.2 Å². The third-order valence-corrected chi connectivity index (χ3v) is 7.73. The van der Waals surface area contributed by atoms with E-state index in [-0.39, 0.29) is 18.3 Å². The minimum atomic E-state index is -1.33. The zero-order valence-corrected chi connectivity index (χ0v) is 17.5. The summed E-state index contributed by atoms with van der Waals surface area (Å²) in [4.78, 5) is 0. The van der Waals surface area contributed by atoms with Crippen LogP contribution in [0.3, 0.4) is 0 Å². The van der Waals surface area contributed by atoms with Gasteiger partial charge in [0.2, 0.25) is 0 Å². The number of benzene rings is 1. The average Bonchev–Trinajstić information content (AvgIpc) is 2.66. The van der Waals surface area contributed by atoms with Crippen LogP contribution in [-0.4, -0.2) is 26.4 Å². The minimum Gasteiger partial charge on any atom is -0.403 e. The summed E-state index contributed by atoms with van der Waals surface area (Å²) in [6, 6.07) is 10.8. The second-order valence-electron chi connectivity index (χ2n) is 8.89. The maximum Gasteiger partial charge on any atom is 0.461 e. The maximum absolute atomic E-state index is 6.14. The van der Waals surface area contributed by atoms with Gasteiger partial charge in [0.25, 0.3) is 0 Å². The number of hydrogen-bond donors (Lipinski definition) is 0. The molecule has 0 unspecified atom stereocenters. The third-order valence-electron chi connectivity index (χ3n) is 5.35. The standard InChI is InChI=1S/C20H33BO2Si/c1-19(2)20(3,4)23-21(22-19)16-15-18(24(5,6)7)14-13-17-11-9-8-10-12-17/h8-12,15H,13-14,16H2,1-7H3/b18-15-. The monoisotopic (exact) mass is 344 g/mol. The fourth-order valence-corrected chi connectivity index (χ4v) is 4.61. The van der Waals surface area contributed by atoms with Crippen molar-refractivity contribution in [2.45, 2.75) is 77.7 Å². The summed E-state index contributed by atoms with van der Waals surface area (Å²) >= 11 is 0. The molecule has 0 radical (unpaired) electrons. The first-order valence-electron chi connectivity index (χ1n) is 9.10. The van der Waals surface area contributed by atoms with Gasteiger partial charge in [0, 0.05) is 6.32 Å². The fraction of sp³-hybridized carbons (Fsp3) is 0.600. The van der Waals surface area contributed by atoms with Gasteiger partial charge in [-0.1, -0.05) is 61.2 Å². The van der Waals surface area contributed by atoms with E-state index in [1.54, 1.807) is 5.20 Å². The molecule has 132 valence electrons. The van der Waals surface area contributed by atoms with Gasteiger partial charge in [-0.05, 0) is 46.1 Å². The SMILES string of the molecule is CC1(C)OB(C/C=C(/CCc2ccccc2)[Si](C)(C)C)OC1(C)C. The van der Waals surface area contributed by atoms with E-state index in [2.05, 4.69) is 83.7 Å². The summed E-state index contributed by atoms with van der Waals surface area (Å²) in [6.07, 6.45) is 5.50. The van der Waals surface area contributed by atoms with Crippen LogP contribution >= 0.6 is 0 Å². The molecule has 1 aromatic rings. The Hall–Kier alpha value is -0.838. The van der Waals surface area contributed by atoms with Crippen LogP contribution in [-0.2, 0) is 15.7 Å². The Labute approximate surface area is 149 Å². The van der Waals surface area contributed by atoms with Gasteiger partial charge in [-0.3, -0.25) is 0 Å². The van der Waals surface area contributed by atoms with Crippen LogP contribution in [0.1, 0.15) is 39.7 Å². The van der Waals surface area contributed by atoms with E-state index < -0.39 is 8.07 Å². The predicted octanol–water partition coefficient (Wildman–Crippen LogP) is 5.52. The highest BCUT2D eigenvalue weighted by Gasteiger charge is 2.50. The number of aryl methyl sites for hydroxylation is 1. The topological polar surface area (TPSA) is 18.5 Å². The minimum absolute atomic E-state index is 0.127. The zero-order valence-electron chi connectivity index (χ0n) is 16.5. The summed E-state index contributed by atoms with van der Waals surface area (Å²) in [7, 11) is -1.46. The molecule has 0 saturated carbocycles. The van der Waals surface area contributed by atoms with Crippen LogP contribution in [0, 0.1) is 0 Å². The molecule has 1 aliphatic rings. The first-order valence-corrected chi connectivity index (χ1v) is 12.6. The molecule has 0 aliphatic carbocycles. The molecule has 0 spiro atoms. The maximum atomic E-state index is 6.14. The van der Waals surface area contributed by atoms with Crippen LogP contribution < -0.4 is 0 Å². The number of hydrogen-bond acceptors (Lipinski definition) is 2. The molecule has 0 amide bonds. The Bertz CT molecular complexity index is 557. The molecule has 2 rings (SSSR count). The van der Waals surface area contributed by atoms with Crippen molar-refractivity contribution in [2.24, 2.45) is 0 Å². The largest absolute Gasteiger partial charge is 0.461 e. The quantitative estimate of drug-likeness (QED) is 0.633. The molecule has 4 heteroatoms. The lowest BCUT2D eigenvalue weighted by molar-refractivity contribution is 0.00578. The van der Waals surface area contributed by atoms with Crippen LogP contribution in [0.2, 0.25) is 26.0 Å². The Morgan fingerprint density at radius 3 is 2.04 bits per heavy atom. The lowest BCUT2D eigenvalue weighted by atomic mass is 9.84. The molecule has 1 heterocycles. The van der Waals surface area contributed by atoms with Crippen molar-refractivity contribution in [1.29, 1.82) is 0 Å². The lowest BCUT2D eigenvalue weighted by Crippen LogP contribution is -2.41. The molecule has 0 aromatic heterocycles. The van der Waals surface area contributed by atoms with Crippen molar-refractivity contribution in [2.75, 3.05) is 0 Å². The van der Waals surface area contributed by atoms with Gasteiger partial charge in [0.05, 0.1) is 19.3 Å². The fourth-order valence-electron chi connectivity index (χ4n) is 3.01. The van der Waals surface area contributed by atoms with E-state index in [4.69, 9.17) is 9.31 Å². The molecule has 0 bridgehead atoms. The second kappa shape index (κ2) is 7.19. The van der Waals surface area contributed by atoms with Crippen molar-refractivity contribution in [3.63, 3.8) is 0 Å². The Morgan fingerprint density at radius 2 is 1.54 bits per heavy atom. The van der Waals surface area contributed by atoms with Gasteiger partial charge in [0.1, 0.15) is 0 Å². The normalized spacial score (nSPS) is 20.5. The third kappa shape index (κ3) is 4.84. The number of allylic oxidation sites excluding steroid dienone is 2. The Balaban J connectivity index is 2.02. The van der Waals surface area contributed by atoms with Gasteiger partial charge in [-0.2, -0.15) is 0 Å². The molecule has 24 heavy (non-hydrogen) atoms. The van der Waals surface area contributed by atoms with Crippen molar-refractivity contribution in [3.8, 4) is 0 Å². The van der Waals surface area contributed by atoms with E-state index in [1.165, 1.54) is 5.56 Å². The van der Waals surface area contributed by atoms with Gasteiger partial charge in [-0.25, -0.2) is 0 Å². The summed E-state index contributed by atoms with van der Waals surface area (Å²) in [6.45, 7) is 15.7. The van der Waals surface area contributed by atoms with E-state index in [1.807, 2.05) is 0 Å². The molecule has 1 fully saturated rings. The van der Waals surface area contributed by atoms with E-state index >= 15 is 0 Å². The zero-order chi connectivity index (χ0) is 18.0. The van der Waals surface area contributed by atoms with Gasteiger partial charge in [-0.15, -0.1) is 0 Å². The number of rotatable bonds is 6. The van der Waals surface area contributed by atoms with Crippen LogP contribution in [0.25, 0.3) is 0 Å². The van der Waals surface area contributed by atoms with E-state index in [9.17, 15) is 0 Å². The molecule has 0 N–H and O–H groups in total. The van der Waals surface area contributed by atoms with Crippen LogP contribution in [0.4, 0.5) is 0 Å². The molecule has 1 aliphatic heterocycles. The van der Waals surface area contributed by atoms with Gasteiger partial charge >= 0.3 is 7.12 Å².